The summed E-state index contributed by atoms with van der Waals surface area (Å²) in [5, 5.41) is 5.75. The second-order valence-corrected chi connectivity index (χ2v) is 7.84. The van der Waals surface area contributed by atoms with Gasteiger partial charge in [0, 0.05) is 13.6 Å². The third-order valence-corrected chi connectivity index (χ3v) is 5.59. The van der Waals surface area contributed by atoms with Crippen LogP contribution in [-0.4, -0.2) is 27.6 Å². The highest BCUT2D eigenvalue weighted by atomic mass is 35.5. The molecule has 0 radical (unpaired) electrons. The smallest absolute Gasteiger partial charge is 0.257 e. The van der Waals surface area contributed by atoms with Crippen molar-refractivity contribution in [2.75, 3.05) is 7.05 Å². The van der Waals surface area contributed by atoms with Crippen molar-refractivity contribution in [3.63, 3.8) is 0 Å². The Morgan fingerprint density at radius 2 is 1.79 bits per heavy atom. The van der Waals surface area contributed by atoms with Crippen LogP contribution >= 0.6 is 23.2 Å². The number of benzene rings is 2. The molecule has 0 saturated heterocycles. The fourth-order valence-electron chi connectivity index (χ4n) is 3.44. The molecule has 2 aromatic carbocycles. The highest BCUT2D eigenvalue weighted by molar-refractivity contribution is 6.42. The molecule has 0 saturated carbocycles. The van der Waals surface area contributed by atoms with Crippen LogP contribution in [-0.2, 0) is 19.4 Å². The fourth-order valence-corrected chi connectivity index (χ4v) is 3.73. The van der Waals surface area contributed by atoms with Gasteiger partial charge in [0.25, 0.3) is 5.91 Å². The summed E-state index contributed by atoms with van der Waals surface area (Å²) in [6, 6.07) is 15.4. The van der Waals surface area contributed by atoms with Gasteiger partial charge in [-0.25, -0.2) is 4.68 Å². The molecule has 4 nitrogen and oxygen atoms in total. The van der Waals surface area contributed by atoms with E-state index in [1.165, 1.54) is 0 Å². The lowest BCUT2D eigenvalue weighted by Gasteiger charge is -2.18. The normalized spacial score (nSPS) is 10.9. The molecule has 1 heterocycles. The monoisotopic (exact) mass is 429 g/mol. The summed E-state index contributed by atoms with van der Waals surface area (Å²) in [5.74, 6) is -0.0135. The molecule has 0 fully saturated rings. The Morgan fingerprint density at radius 3 is 2.41 bits per heavy atom. The third-order valence-electron chi connectivity index (χ3n) is 4.85. The van der Waals surface area contributed by atoms with Crippen LogP contribution in [0.1, 0.15) is 47.6 Å². The zero-order valence-electron chi connectivity index (χ0n) is 17.0. The van der Waals surface area contributed by atoms with Gasteiger partial charge in [-0.05, 0) is 36.6 Å². The summed E-state index contributed by atoms with van der Waals surface area (Å²) in [6.45, 7) is 4.67. The van der Waals surface area contributed by atoms with Gasteiger partial charge in [-0.15, -0.1) is 0 Å². The first-order chi connectivity index (χ1) is 14.0. The molecule has 1 aromatic heterocycles. The Morgan fingerprint density at radius 1 is 1.07 bits per heavy atom. The average Bonchev–Trinajstić information content (AvgIpc) is 3.08. The second-order valence-electron chi connectivity index (χ2n) is 7.03. The number of rotatable bonds is 7. The Kier molecular flexibility index (Phi) is 6.99. The van der Waals surface area contributed by atoms with Gasteiger partial charge in [0.2, 0.25) is 0 Å². The molecule has 0 atom stereocenters. The first kappa shape index (κ1) is 21.4. The highest BCUT2D eigenvalue weighted by Gasteiger charge is 2.25. The summed E-state index contributed by atoms with van der Waals surface area (Å²) < 4.78 is 1.83. The van der Waals surface area contributed by atoms with Crippen molar-refractivity contribution in [3.8, 4) is 5.69 Å². The maximum absolute atomic E-state index is 13.4. The van der Waals surface area contributed by atoms with Crippen LogP contribution < -0.4 is 0 Å². The van der Waals surface area contributed by atoms with E-state index in [4.69, 9.17) is 28.3 Å². The lowest BCUT2D eigenvalue weighted by Crippen LogP contribution is -2.27. The highest BCUT2D eigenvalue weighted by Crippen LogP contribution is 2.28. The van der Waals surface area contributed by atoms with Crippen molar-refractivity contribution in [2.24, 2.45) is 0 Å². The first-order valence-electron chi connectivity index (χ1n) is 9.81. The van der Waals surface area contributed by atoms with E-state index in [1.54, 1.807) is 17.0 Å². The molecule has 29 heavy (non-hydrogen) atoms. The minimum absolute atomic E-state index is 0.0135. The maximum Gasteiger partial charge on any atom is 0.257 e. The van der Waals surface area contributed by atoms with Crippen molar-refractivity contribution in [2.45, 2.75) is 39.7 Å². The molecule has 152 valence electrons. The van der Waals surface area contributed by atoms with Crippen LogP contribution in [0.25, 0.3) is 5.69 Å². The molecule has 0 aliphatic rings. The molecule has 0 aliphatic carbocycles. The molecule has 1 amide bonds. The quantitative estimate of drug-likeness (QED) is 0.464. The number of aromatic nitrogens is 2. The van der Waals surface area contributed by atoms with Crippen LogP contribution in [0, 0.1) is 0 Å². The molecular weight excluding hydrogens is 405 g/mol. The minimum atomic E-state index is -0.0135. The summed E-state index contributed by atoms with van der Waals surface area (Å²) in [5.41, 5.74) is 4.30. The largest absolute Gasteiger partial charge is 0.337 e. The molecule has 0 unspecified atom stereocenters. The molecule has 0 N–H and O–H groups in total. The summed E-state index contributed by atoms with van der Waals surface area (Å²) >= 11 is 12.3. The number of carbonyl (C=O) groups excluding carboxylic acids is 1. The lowest BCUT2D eigenvalue weighted by molar-refractivity contribution is 0.0783. The Hall–Kier alpha value is -2.30. The van der Waals surface area contributed by atoms with E-state index in [9.17, 15) is 4.79 Å². The SMILES string of the molecule is CCCc1nn(-c2ccc(Cl)c(Cl)c2)c(CC)c1C(=O)N(C)Cc1ccccc1. The van der Waals surface area contributed by atoms with Crippen molar-refractivity contribution in [1.29, 1.82) is 0 Å². The molecule has 3 rings (SSSR count). The van der Waals surface area contributed by atoms with E-state index in [0.29, 0.717) is 28.6 Å². The van der Waals surface area contributed by atoms with Gasteiger partial charge < -0.3 is 4.90 Å². The first-order valence-corrected chi connectivity index (χ1v) is 10.6. The third kappa shape index (κ3) is 4.65. The van der Waals surface area contributed by atoms with E-state index in [-0.39, 0.29) is 5.91 Å². The molecule has 6 heteroatoms. The van der Waals surface area contributed by atoms with Gasteiger partial charge in [-0.1, -0.05) is 73.8 Å². The van der Waals surface area contributed by atoms with Gasteiger partial charge in [0.15, 0.2) is 0 Å². The zero-order valence-corrected chi connectivity index (χ0v) is 18.5. The number of hydrogen-bond donors (Lipinski definition) is 0. The predicted octanol–water partition coefficient (Wildman–Crippen LogP) is 5.97. The predicted molar refractivity (Wildman–Crippen MR) is 119 cm³/mol. The molecule has 0 spiro atoms. The van der Waals surface area contributed by atoms with E-state index < -0.39 is 0 Å². The molecule has 3 aromatic rings. The van der Waals surface area contributed by atoms with Crippen molar-refractivity contribution < 1.29 is 4.79 Å². The topological polar surface area (TPSA) is 38.1 Å². The van der Waals surface area contributed by atoms with Crippen LogP contribution in [0.15, 0.2) is 48.5 Å². The van der Waals surface area contributed by atoms with Gasteiger partial charge in [0.05, 0.1) is 32.7 Å². The number of carbonyl (C=O) groups is 1. The Bertz CT molecular complexity index is 999. The van der Waals surface area contributed by atoms with Crippen LogP contribution in [0.2, 0.25) is 10.0 Å². The van der Waals surface area contributed by atoms with Crippen molar-refractivity contribution >= 4 is 29.1 Å². The maximum atomic E-state index is 13.4. The van der Waals surface area contributed by atoms with E-state index >= 15 is 0 Å². The summed E-state index contributed by atoms with van der Waals surface area (Å²) in [7, 11) is 1.83. The minimum Gasteiger partial charge on any atom is -0.337 e. The van der Waals surface area contributed by atoms with Gasteiger partial charge >= 0.3 is 0 Å². The second kappa shape index (κ2) is 9.47. The average molecular weight is 430 g/mol. The van der Waals surface area contributed by atoms with Crippen LogP contribution in [0.4, 0.5) is 0 Å². The molecule has 0 aliphatic heterocycles. The van der Waals surface area contributed by atoms with Crippen LogP contribution in [0.3, 0.4) is 0 Å². The van der Waals surface area contributed by atoms with Gasteiger partial charge in [0.1, 0.15) is 0 Å². The van der Waals surface area contributed by atoms with E-state index in [0.717, 1.165) is 35.5 Å². The van der Waals surface area contributed by atoms with Crippen molar-refractivity contribution in [3.05, 3.63) is 81.1 Å². The summed E-state index contributed by atoms with van der Waals surface area (Å²) in [4.78, 5) is 15.2. The standard InChI is InChI=1S/C23H25Cl2N3O/c1-4-9-20-22(23(29)27(3)15-16-10-7-6-8-11-16)21(5-2)28(26-20)17-12-13-18(24)19(25)14-17/h6-8,10-14H,4-5,9,15H2,1-3H3. The fraction of sp³-hybridized carbons (Fsp3) is 0.304. The van der Waals surface area contributed by atoms with Crippen molar-refractivity contribution in [1.82, 2.24) is 14.7 Å². The Balaban J connectivity index is 2.03. The zero-order chi connectivity index (χ0) is 21.0. The number of aryl methyl sites for hydroxylation is 1. The lowest BCUT2D eigenvalue weighted by atomic mass is 10.1. The number of nitrogens with zero attached hydrogens (tertiary/aromatic N) is 3. The van der Waals surface area contributed by atoms with E-state index in [2.05, 4.69) is 6.92 Å². The Labute approximate surface area is 182 Å². The van der Waals surface area contributed by atoms with Gasteiger partial charge in [-0.2, -0.15) is 5.10 Å². The number of hydrogen-bond acceptors (Lipinski definition) is 2. The van der Waals surface area contributed by atoms with Crippen LogP contribution in [0.5, 0.6) is 0 Å². The number of amides is 1. The van der Waals surface area contributed by atoms with E-state index in [1.807, 2.05) is 55.1 Å². The number of halogens is 2. The summed E-state index contributed by atoms with van der Waals surface area (Å²) in [6.07, 6.45) is 2.32. The molecule has 0 bridgehead atoms. The molecular formula is C23H25Cl2N3O. The van der Waals surface area contributed by atoms with Gasteiger partial charge in [-0.3, -0.25) is 4.79 Å².